The summed E-state index contributed by atoms with van der Waals surface area (Å²) in [6, 6.07) is 7.85. The van der Waals surface area contributed by atoms with E-state index in [0.717, 1.165) is 21.8 Å². The number of benzene rings is 1. The first kappa shape index (κ1) is 12.1. The van der Waals surface area contributed by atoms with Crippen LogP contribution in [0.3, 0.4) is 0 Å². The molecular formula is C13H12N4OS. The smallest absolute Gasteiger partial charge is 0.223 e. The molecule has 0 unspecified atom stereocenters. The highest BCUT2D eigenvalue weighted by atomic mass is 32.2. The van der Waals surface area contributed by atoms with Crippen LogP contribution in [0.5, 0.6) is 0 Å². The quantitative estimate of drug-likeness (QED) is 0.683. The highest BCUT2D eigenvalue weighted by Crippen LogP contribution is 2.24. The Morgan fingerprint density at radius 1 is 1.05 bits per heavy atom. The zero-order valence-electron chi connectivity index (χ0n) is 10.6. The largest absolute Gasteiger partial charge is 0.340 e. The summed E-state index contributed by atoms with van der Waals surface area (Å²) in [6.45, 7) is 3.74. The van der Waals surface area contributed by atoms with Gasteiger partial charge in [-0.2, -0.15) is 4.98 Å². The van der Waals surface area contributed by atoms with Crippen molar-refractivity contribution in [3.05, 3.63) is 41.7 Å². The van der Waals surface area contributed by atoms with Crippen molar-refractivity contribution in [3.63, 3.8) is 0 Å². The van der Waals surface area contributed by atoms with E-state index in [1.54, 1.807) is 18.7 Å². The van der Waals surface area contributed by atoms with Crippen LogP contribution in [-0.2, 0) is 5.75 Å². The van der Waals surface area contributed by atoms with Crippen LogP contribution in [0.25, 0.3) is 11.0 Å². The van der Waals surface area contributed by atoms with Crippen molar-refractivity contribution in [1.29, 1.82) is 0 Å². The minimum atomic E-state index is 0.580. The molecule has 2 aromatic heterocycles. The maximum Gasteiger partial charge on any atom is 0.223 e. The number of nitrogens with zero attached hydrogens (tertiary/aromatic N) is 4. The fraction of sp³-hybridized carbons (Fsp3) is 0.231. The van der Waals surface area contributed by atoms with E-state index in [-0.39, 0.29) is 0 Å². The predicted molar refractivity (Wildman–Crippen MR) is 72.9 cm³/mol. The molecule has 0 saturated heterocycles. The molecule has 0 atom stereocenters. The molecule has 96 valence electrons. The Labute approximate surface area is 114 Å². The van der Waals surface area contributed by atoms with Crippen molar-refractivity contribution in [2.24, 2.45) is 0 Å². The molecule has 0 aliphatic heterocycles. The van der Waals surface area contributed by atoms with Gasteiger partial charge in [-0.25, -0.2) is 9.97 Å². The van der Waals surface area contributed by atoms with Gasteiger partial charge in [-0.1, -0.05) is 29.1 Å². The van der Waals surface area contributed by atoms with Crippen LogP contribution in [0, 0.1) is 13.8 Å². The Bertz CT molecular complexity index is 725. The summed E-state index contributed by atoms with van der Waals surface area (Å²) in [4.78, 5) is 13.3. The third-order valence-corrected chi connectivity index (χ3v) is 3.67. The van der Waals surface area contributed by atoms with E-state index in [2.05, 4.69) is 20.1 Å². The normalized spacial score (nSPS) is 11.1. The fourth-order valence-corrected chi connectivity index (χ4v) is 2.54. The Balaban J connectivity index is 1.86. The molecule has 0 aliphatic carbocycles. The van der Waals surface area contributed by atoms with E-state index < -0.39 is 0 Å². The van der Waals surface area contributed by atoms with Crippen LogP contribution >= 0.6 is 11.8 Å². The highest BCUT2D eigenvalue weighted by Gasteiger charge is 2.08. The minimum Gasteiger partial charge on any atom is -0.340 e. The van der Waals surface area contributed by atoms with Gasteiger partial charge in [0.2, 0.25) is 5.89 Å². The monoisotopic (exact) mass is 272 g/mol. The SMILES string of the molecule is Cc1nc(CSc2nc3ccccc3nc2C)no1. The summed E-state index contributed by atoms with van der Waals surface area (Å²) in [5.41, 5.74) is 2.74. The second kappa shape index (κ2) is 4.97. The number of thioether (sulfide) groups is 1. The van der Waals surface area contributed by atoms with Gasteiger partial charge < -0.3 is 4.52 Å². The van der Waals surface area contributed by atoms with Crippen molar-refractivity contribution in [2.45, 2.75) is 24.6 Å². The zero-order chi connectivity index (χ0) is 13.2. The average molecular weight is 272 g/mol. The first-order valence-electron chi connectivity index (χ1n) is 5.88. The van der Waals surface area contributed by atoms with E-state index in [1.165, 1.54) is 0 Å². The second-order valence-electron chi connectivity index (χ2n) is 4.12. The molecule has 0 bridgehead atoms. The lowest BCUT2D eigenvalue weighted by Crippen LogP contribution is -1.93. The lowest BCUT2D eigenvalue weighted by molar-refractivity contribution is 0.389. The molecule has 0 radical (unpaired) electrons. The number of rotatable bonds is 3. The number of aryl methyl sites for hydroxylation is 2. The molecular weight excluding hydrogens is 260 g/mol. The van der Waals surface area contributed by atoms with E-state index >= 15 is 0 Å². The third-order valence-electron chi connectivity index (χ3n) is 2.61. The van der Waals surface area contributed by atoms with Gasteiger partial charge in [0.1, 0.15) is 5.03 Å². The second-order valence-corrected chi connectivity index (χ2v) is 5.09. The molecule has 6 heteroatoms. The van der Waals surface area contributed by atoms with Crippen LogP contribution in [-0.4, -0.2) is 20.1 Å². The highest BCUT2D eigenvalue weighted by molar-refractivity contribution is 7.98. The van der Waals surface area contributed by atoms with Crippen LogP contribution < -0.4 is 0 Å². The van der Waals surface area contributed by atoms with Gasteiger partial charge in [-0.05, 0) is 19.1 Å². The van der Waals surface area contributed by atoms with Crippen LogP contribution in [0.2, 0.25) is 0 Å². The topological polar surface area (TPSA) is 64.7 Å². The summed E-state index contributed by atoms with van der Waals surface area (Å²) in [5.74, 6) is 1.89. The van der Waals surface area contributed by atoms with Gasteiger partial charge in [-0.15, -0.1) is 0 Å². The Morgan fingerprint density at radius 2 is 1.79 bits per heavy atom. The van der Waals surface area contributed by atoms with E-state index in [4.69, 9.17) is 4.52 Å². The molecule has 5 nitrogen and oxygen atoms in total. The molecule has 3 aromatic rings. The van der Waals surface area contributed by atoms with Crippen LogP contribution in [0.1, 0.15) is 17.4 Å². The van der Waals surface area contributed by atoms with Gasteiger partial charge in [0, 0.05) is 6.92 Å². The zero-order valence-corrected chi connectivity index (χ0v) is 11.4. The predicted octanol–water partition coefficient (Wildman–Crippen LogP) is 2.92. The molecule has 19 heavy (non-hydrogen) atoms. The fourth-order valence-electron chi connectivity index (χ4n) is 1.74. The summed E-state index contributed by atoms with van der Waals surface area (Å²) in [6.07, 6.45) is 0. The van der Waals surface area contributed by atoms with Crippen LogP contribution in [0.15, 0.2) is 33.8 Å². The minimum absolute atomic E-state index is 0.580. The number of fused-ring (bicyclic) bond motifs is 1. The molecule has 0 fully saturated rings. The third kappa shape index (κ3) is 2.58. The molecule has 0 saturated carbocycles. The average Bonchev–Trinajstić information content (AvgIpc) is 2.82. The van der Waals surface area contributed by atoms with E-state index in [0.29, 0.717) is 17.5 Å². The lowest BCUT2D eigenvalue weighted by atomic mass is 10.3. The number of hydrogen-bond donors (Lipinski definition) is 0. The van der Waals surface area contributed by atoms with Gasteiger partial charge >= 0.3 is 0 Å². The first-order chi connectivity index (χ1) is 9.22. The molecule has 0 amide bonds. The Kier molecular flexibility index (Phi) is 3.16. The molecule has 2 heterocycles. The van der Waals surface area contributed by atoms with Gasteiger partial charge in [0.25, 0.3) is 0 Å². The number of hydrogen-bond acceptors (Lipinski definition) is 6. The summed E-state index contributed by atoms with van der Waals surface area (Å²) < 4.78 is 4.94. The van der Waals surface area contributed by atoms with Crippen molar-refractivity contribution in [2.75, 3.05) is 0 Å². The first-order valence-corrected chi connectivity index (χ1v) is 6.86. The van der Waals surface area contributed by atoms with Crippen molar-refractivity contribution < 1.29 is 4.52 Å². The van der Waals surface area contributed by atoms with Crippen LogP contribution in [0.4, 0.5) is 0 Å². The molecule has 0 spiro atoms. The summed E-state index contributed by atoms with van der Waals surface area (Å²) >= 11 is 1.57. The van der Waals surface area contributed by atoms with Crippen molar-refractivity contribution >= 4 is 22.8 Å². The summed E-state index contributed by atoms with van der Waals surface area (Å²) in [7, 11) is 0. The number of para-hydroxylation sites is 2. The van der Waals surface area contributed by atoms with E-state index in [1.807, 2.05) is 31.2 Å². The van der Waals surface area contributed by atoms with Crippen molar-refractivity contribution in [3.8, 4) is 0 Å². The lowest BCUT2D eigenvalue weighted by Gasteiger charge is -2.04. The standard InChI is InChI=1S/C13H12N4OS/c1-8-13(19-7-12-15-9(2)18-17-12)16-11-6-4-3-5-10(11)14-8/h3-6H,7H2,1-2H3. The molecule has 0 aliphatic rings. The number of aromatic nitrogens is 4. The summed E-state index contributed by atoms with van der Waals surface area (Å²) in [5, 5.41) is 4.77. The molecule has 3 rings (SSSR count). The maximum atomic E-state index is 4.94. The van der Waals surface area contributed by atoms with Gasteiger partial charge in [-0.3, -0.25) is 0 Å². The molecule has 0 N–H and O–H groups in total. The van der Waals surface area contributed by atoms with Crippen molar-refractivity contribution in [1.82, 2.24) is 20.1 Å². The van der Waals surface area contributed by atoms with E-state index in [9.17, 15) is 0 Å². The van der Waals surface area contributed by atoms with Gasteiger partial charge in [0.15, 0.2) is 5.82 Å². The van der Waals surface area contributed by atoms with Gasteiger partial charge in [0.05, 0.1) is 22.5 Å². The maximum absolute atomic E-state index is 4.94. The Hall–Kier alpha value is -1.95. The molecule has 1 aromatic carbocycles. The Morgan fingerprint density at radius 3 is 2.47 bits per heavy atom.